The molecule has 0 atom stereocenters. The Labute approximate surface area is 132 Å². The molecule has 6 heteroatoms. The molecule has 0 N–H and O–H groups in total. The Morgan fingerprint density at radius 2 is 1.48 bits per heavy atom. The maximum absolute atomic E-state index is 13.0. The van der Waals surface area contributed by atoms with Crippen LogP contribution in [0.3, 0.4) is 0 Å². The summed E-state index contributed by atoms with van der Waals surface area (Å²) in [6.07, 6.45) is 0.690. The van der Waals surface area contributed by atoms with Gasteiger partial charge in [-0.05, 0) is 55.0 Å². The van der Waals surface area contributed by atoms with E-state index in [4.69, 9.17) is 4.84 Å². The van der Waals surface area contributed by atoms with Crippen molar-refractivity contribution in [1.29, 1.82) is 0 Å². The Hall–Kier alpha value is -2.76. The Kier molecular flexibility index (Phi) is 5.41. The SMILES string of the molecule is CCCC(=O)ON(C(=O)c1ccc(F)cc1)c1ccc(F)cc1. The summed E-state index contributed by atoms with van der Waals surface area (Å²) in [7, 11) is 0. The predicted octanol–water partition coefficient (Wildman–Crippen LogP) is 3.87. The van der Waals surface area contributed by atoms with E-state index in [0.29, 0.717) is 6.42 Å². The Balaban J connectivity index is 2.31. The van der Waals surface area contributed by atoms with Gasteiger partial charge in [0.15, 0.2) is 0 Å². The molecule has 0 radical (unpaired) electrons. The van der Waals surface area contributed by atoms with Gasteiger partial charge < -0.3 is 4.84 Å². The first-order chi connectivity index (χ1) is 11.0. The molecule has 2 aromatic rings. The fourth-order valence-electron chi connectivity index (χ4n) is 1.85. The van der Waals surface area contributed by atoms with Gasteiger partial charge in [0.1, 0.15) is 11.6 Å². The largest absolute Gasteiger partial charge is 0.333 e. The molecule has 1 amide bonds. The summed E-state index contributed by atoms with van der Waals surface area (Å²) in [5.74, 6) is -2.21. The van der Waals surface area contributed by atoms with E-state index in [9.17, 15) is 18.4 Å². The Morgan fingerprint density at radius 3 is 2.00 bits per heavy atom. The van der Waals surface area contributed by atoms with E-state index in [-0.39, 0.29) is 17.7 Å². The smallest absolute Gasteiger partial charge is 0.333 e. The lowest BCUT2D eigenvalue weighted by molar-refractivity contribution is -0.144. The van der Waals surface area contributed by atoms with Crippen molar-refractivity contribution in [2.75, 3.05) is 5.06 Å². The number of anilines is 1. The molecule has 0 spiro atoms. The van der Waals surface area contributed by atoms with Gasteiger partial charge in [0, 0.05) is 12.0 Å². The average molecular weight is 319 g/mol. The van der Waals surface area contributed by atoms with Crippen molar-refractivity contribution in [1.82, 2.24) is 0 Å². The summed E-state index contributed by atoms with van der Waals surface area (Å²) in [6, 6.07) is 9.74. The summed E-state index contributed by atoms with van der Waals surface area (Å²) < 4.78 is 26.0. The molecule has 120 valence electrons. The highest BCUT2D eigenvalue weighted by atomic mass is 19.1. The lowest BCUT2D eigenvalue weighted by Crippen LogP contribution is -2.33. The highest BCUT2D eigenvalue weighted by Gasteiger charge is 2.22. The minimum Gasteiger partial charge on any atom is -0.333 e. The van der Waals surface area contributed by atoms with Crippen LogP contribution in [0.25, 0.3) is 0 Å². The second kappa shape index (κ2) is 7.49. The third-order valence-electron chi connectivity index (χ3n) is 2.98. The zero-order chi connectivity index (χ0) is 16.8. The van der Waals surface area contributed by atoms with Gasteiger partial charge in [0.2, 0.25) is 0 Å². The van der Waals surface area contributed by atoms with Crippen LogP contribution in [-0.2, 0) is 9.63 Å². The number of hydroxylamine groups is 1. The molecule has 4 nitrogen and oxygen atoms in total. The monoisotopic (exact) mass is 319 g/mol. The second-order valence-corrected chi connectivity index (χ2v) is 4.80. The van der Waals surface area contributed by atoms with Crippen LogP contribution in [0.1, 0.15) is 30.1 Å². The highest BCUT2D eigenvalue weighted by Crippen LogP contribution is 2.19. The summed E-state index contributed by atoms with van der Waals surface area (Å²) in [4.78, 5) is 29.3. The van der Waals surface area contributed by atoms with E-state index in [1.165, 1.54) is 24.3 Å². The lowest BCUT2D eigenvalue weighted by atomic mass is 10.2. The second-order valence-electron chi connectivity index (χ2n) is 4.80. The molecule has 2 aromatic carbocycles. The molecule has 23 heavy (non-hydrogen) atoms. The number of halogens is 2. The fraction of sp³-hybridized carbons (Fsp3) is 0.176. The van der Waals surface area contributed by atoms with Crippen molar-refractivity contribution in [3.63, 3.8) is 0 Å². The van der Waals surface area contributed by atoms with Crippen molar-refractivity contribution in [3.05, 3.63) is 65.7 Å². The first-order valence-corrected chi connectivity index (χ1v) is 7.07. The first-order valence-electron chi connectivity index (χ1n) is 7.07. The van der Waals surface area contributed by atoms with Gasteiger partial charge in [-0.15, -0.1) is 5.06 Å². The number of benzene rings is 2. The number of nitrogens with zero attached hydrogens (tertiary/aromatic N) is 1. The number of amides is 1. The summed E-state index contributed by atoms with van der Waals surface area (Å²) >= 11 is 0. The van der Waals surface area contributed by atoms with Crippen LogP contribution in [0.2, 0.25) is 0 Å². The molecular weight excluding hydrogens is 304 g/mol. The van der Waals surface area contributed by atoms with Crippen LogP contribution in [0.5, 0.6) is 0 Å². The van der Waals surface area contributed by atoms with Crippen LogP contribution >= 0.6 is 0 Å². The van der Waals surface area contributed by atoms with Gasteiger partial charge in [-0.2, -0.15) is 0 Å². The number of carbonyl (C=O) groups is 2. The lowest BCUT2D eigenvalue weighted by Gasteiger charge is -2.21. The van der Waals surface area contributed by atoms with E-state index < -0.39 is 23.5 Å². The fourth-order valence-corrected chi connectivity index (χ4v) is 1.85. The normalized spacial score (nSPS) is 10.2. The van der Waals surface area contributed by atoms with Crippen molar-refractivity contribution < 1.29 is 23.2 Å². The van der Waals surface area contributed by atoms with Crippen LogP contribution in [0.15, 0.2) is 48.5 Å². The van der Waals surface area contributed by atoms with E-state index in [1.54, 1.807) is 6.92 Å². The van der Waals surface area contributed by atoms with Crippen molar-refractivity contribution >= 4 is 17.6 Å². The summed E-state index contributed by atoms with van der Waals surface area (Å²) in [5, 5.41) is 0.782. The third-order valence-corrected chi connectivity index (χ3v) is 2.98. The molecule has 0 saturated heterocycles. The van der Waals surface area contributed by atoms with Crippen molar-refractivity contribution in [2.45, 2.75) is 19.8 Å². The Morgan fingerprint density at radius 1 is 0.957 bits per heavy atom. The van der Waals surface area contributed by atoms with Crippen LogP contribution < -0.4 is 5.06 Å². The maximum Gasteiger partial charge on any atom is 0.333 e. The van der Waals surface area contributed by atoms with Crippen LogP contribution in [-0.4, -0.2) is 11.9 Å². The Bertz CT molecular complexity index is 684. The zero-order valence-corrected chi connectivity index (χ0v) is 12.5. The number of rotatable bonds is 4. The molecule has 0 aliphatic carbocycles. The van der Waals surface area contributed by atoms with Gasteiger partial charge in [-0.1, -0.05) is 6.92 Å². The topological polar surface area (TPSA) is 46.6 Å². The molecule has 2 rings (SSSR count). The highest BCUT2D eigenvalue weighted by molar-refractivity contribution is 6.05. The van der Waals surface area contributed by atoms with E-state index >= 15 is 0 Å². The predicted molar refractivity (Wildman–Crippen MR) is 80.6 cm³/mol. The molecule has 0 heterocycles. The average Bonchev–Trinajstić information content (AvgIpc) is 2.54. The third kappa shape index (κ3) is 4.35. The molecule has 0 aromatic heterocycles. The van der Waals surface area contributed by atoms with Gasteiger partial charge >= 0.3 is 5.97 Å². The number of hydrogen-bond donors (Lipinski definition) is 0. The molecule has 0 unspecified atom stereocenters. The molecule has 0 aliphatic heterocycles. The summed E-state index contributed by atoms with van der Waals surface area (Å²) in [5.41, 5.74) is 0.338. The first kappa shape index (κ1) is 16.6. The standard InChI is InChI=1S/C17H15F2NO3/c1-2-3-16(21)23-20(15-10-8-14(19)9-11-15)17(22)12-4-6-13(18)7-5-12/h4-11H,2-3H2,1H3. The van der Waals surface area contributed by atoms with Gasteiger partial charge in [0.05, 0.1) is 5.69 Å². The van der Waals surface area contributed by atoms with Crippen LogP contribution in [0.4, 0.5) is 14.5 Å². The van der Waals surface area contributed by atoms with Crippen molar-refractivity contribution in [2.24, 2.45) is 0 Å². The quantitative estimate of drug-likeness (QED) is 0.804. The maximum atomic E-state index is 13.0. The minimum absolute atomic E-state index is 0.133. The molecule has 0 aliphatic rings. The van der Waals surface area contributed by atoms with Gasteiger partial charge in [0.25, 0.3) is 5.91 Å². The molecular formula is C17H15F2NO3. The minimum atomic E-state index is -0.652. The number of carbonyl (C=O) groups excluding carboxylic acids is 2. The van der Waals surface area contributed by atoms with E-state index in [2.05, 4.69) is 0 Å². The molecule has 0 saturated carbocycles. The number of hydrogen-bond acceptors (Lipinski definition) is 3. The zero-order valence-electron chi connectivity index (χ0n) is 12.5. The van der Waals surface area contributed by atoms with Crippen molar-refractivity contribution in [3.8, 4) is 0 Å². The molecule has 0 bridgehead atoms. The van der Waals surface area contributed by atoms with E-state index in [0.717, 1.165) is 29.3 Å². The van der Waals surface area contributed by atoms with E-state index in [1.807, 2.05) is 0 Å². The van der Waals surface area contributed by atoms with Gasteiger partial charge in [-0.3, -0.25) is 4.79 Å². The van der Waals surface area contributed by atoms with Crippen LogP contribution in [0, 0.1) is 11.6 Å². The molecule has 0 fully saturated rings. The summed E-state index contributed by atoms with van der Waals surface area (Å²) in [6.45, 7) is 1.80. The van der Waals surface area contributed by atoms with Gasteiger partial charge in [-0.25, -0.2) is 13.6 Å².